The van der Waals surface area contributed by atoms with Crippen molar-refractivity contribution in [2.45, 2.75) is 26.7 Å². The summed E-state index contributed by atoms with van der Waals surface area (Å²) in [5.41, 5.74) is 13.8. The monoisotopic (exact) mass is 717 g/mol. The van der Waals surface area contributed by atoms with E-state index < -0.39 is 0 Å². The standard InChI is InChI=1S/C53H39N3/c1-3-34-25-26-35-16-8-9-19-39(35)51(34)42-28-29-44-46-32-36(27-30-49(46)56(52(44)38(42)4-2)50-24-14-15-31-54-50)45-33-47-41-21-12-13-23-48(41)55(37-17-6-5-7-18-37)53(47)43-22-11-10-20-40(43)45/h5-33H,3-4H2,1-2H3. The third-order valence-electron chi connectivity index (χ3n) is 11.9. The van der Waals surface area contributed by atoms with Crippen LogP contribution in [0, 0.1) is 0 Å². The number of nitrogens with zero attached hydrogens (tertiary/aromatic N) is 3. The molecule has 11 rings (SSSR count). The third kappa shape index (κ3) is 4.74. The average molecular weight is 718 g/mol. The van der Waals surface area contributed by atoms with Crippen LogP contribution in [0.4, 0.5) is 0 Å². The van der Waals surface area contributed by atoms with Crippen molar-refractivity contribution < 1.29 is 0 Å². The molecule has 0 aliphatic heterocycles. The Morgan fingerprint density at radius 3 is 1.96 bits per heavy atom. The smallest absolute Gasteiger partial charge is 0.137 e. The normalized spacial score (nSPS) is 11.9. The number of fused-ring (bicyclic) bond motifs is 9. The predicted octanol–water partition coefficient (Wildman–Crippen LogP) is 14.0. The Morgan fingerprint density at radius 2 is 1.16 bits per heavy atom. The first-order valence-electron chi connectivity index (χ1n) is 19.8. The fraction of sp³-hybridized carbons (Fsp3) is 0.0755. The molecule has 3 nitrogen and oxygen atoms in total. The molecule has 0 bridgehead atoms. The molecule has 0 amide bonds. The molecular weight excluding hydrogens is 679 g/mol. The zero-order valence-electron chi connectivity index (χ0n) is 31.5. The molecule has 0 radical (unpaired) electrons. The Labute approximate surface area is 325 Å². The lowest BCUT2D eigenvalue weighted by Gasteiger charge is -2.18. The van der Waals surface area contributed by atoms with Crippen LogP contribution in [0.15, 0.2) is 176 Å². The Bertz CT molecular complexity index is 3310. The van der Waals surface area contributed by atoms with Crippen LogP contribution in [-0.4, -0.2) is 14.1 Å². The van der Waals surface area contributed by atoms with Crippen molar-refractivity contribution in [1.29, 1.82) is 0 Å². The lowest BCUT2D eigenvalue weighted by atomic mass is 9.87. The van der Waals surface area contributed by atoms with Gasteiger partial charge in [-0.1, -0.05) is 135 Å². The van der Waals surface area contributed by atoms with Crippen molar-refractivity contribution >= 4 is 65.2 Å². The second-order valence-electron chi connectivity index (χ2n) is 14.8. The highest BCUT2D eigenvalue weighted by Crippen LogP contribution is 2.45. The molecule has 11 aromatic rings. The first-order valence-corrected chi connectivity index (χ1v) is 19.8. The first-order chi connectivity index (χ1) is 27.7. The number of para-hydroxylation sites is 2. The maximum absolute atomic E-state index is 4.96. The molecule has 3 aromatic heterocycles. The third-order valence-corrected chi connectivity index (χ3v) is 11.9. The van der Waals surface area contributed by atoms with E-state index >= 15 is 0 Å². The Morgan fingerprint density at radius 1 is 0.446 bits per heavy atom. The van der Waals surface area contributed by atoms with Crippen LogP contribution in [0.5, 0.6) is 0 Å². The molecule has 0 fully saturated rings. The summed E-state index contributed by atoms with van der Waals surface area (Å²) >= 11 is 0. The molecule has 3 heterocycles. The number of pyridine rings is 1. The van der Waals surface area contributed by atoms with Gasteiger partial charge in [-0.3, -0.25) is 4.57 Å². The molecule has 3 heteroatoms. The van der Waals surface area contributed by atoms with Crippen molar-refractivity contribution in [3.05, 3.63) is 187 Å². The maximum atomic E-state index is 4.96. The quantitative estimate of drug-likeness (QED) is 0.168. The van der Waals surface area contributed by atoms with Crippen molar-refractivity contribution in [2.75, 3.05) is 0 Å². The van der Waals surface area contributed by atoms with Gasteiger partial charge in [-0.15, -0.1) is 0 Å². The van der Waals surface area contributed by atoms with E-state index in [4.69, 9.17) is 4.98 Å². The van der Waals surface area contributed by atoms with Crippen LogP contribution in [-0.2, 0) is 12.8 Å². The molecule has 0 spiro atoms. The number of hydrogen-bond donors (Lipinski definition) is 0. The van der Waals surface area contributed by atoms with Gasteiger partial charge in [0.25, 0.3) is 0 Å². The number of aromatic nitrogens is 3. The molecule has 8 aromatic carbocycles. The highest BCUT2D eigenvalue weighted by molar-refractivity contribution is 6.23. The van der Waals surface area contributed by atoms with Gasteiger partial charge in [0, 0.05) is 38.8 Å². The van der Waals surface area contributed by atoms with E-state index in [0.29, 0.717) is 0 Å². The summed E-state index contributed by atoms with van der Waals surface area (Å²) in [6, 6.07) is 62.4. The number of rotatable bonds is 6. The van der Waals surface area contributed by atoms with Crippen LogP contribution in [0.3, 0.4) is 0 Å². The molecular formula is C53H39N3. The van der Waals surface area contributed by atoms with Gasteiger partial charge in [-0.2, -0.15) is 0 Å². The summed E-state index contributed by atoms with van der Waals surface area (Å²) in [6.45, 7) is 4.57. The highest BCUT2D eigenvalue weighted by Gasteiger charge is 2.23. The van der Waals surface area contributed by atoms with E-state index in [0.717, 1.165) is 24.2 Å². The zero-order valence-corrected chi connectivity index (χ0v) is 31.5. The molecule has 0 saturated heterocycles. The Balaban J connectivity index is 1.22. The van der Waals surface area contributed by atoms with Crippen LogP contribution >= 0.6 is 0 Å². The number of hydrogen-bond acceptors (Lipinski definition) is 1. The molecule has 0 N–H and O–H groups in total. The Hall–Kier alpha value is -6.97. The van der Waals surface area contributed by atoms with Crippen LogP contribution in [0.2, 0.25) is 0 Å². The van der Waals surface area contributed by atoms with Crippen molar-refractivity contribution in [2.24, 2.45) is 0 Å². The molecule has 0 atom stereocenters. The van der Waals surface area contributed by atoms with Crippen molar-refractivity contribution in [3.8, 4) is 33.8 Å². The van der Waals surface area contributed by atoms with E-state index in [2.05, 4.69) is 187 Å². The van der Waals surface area contributed by atoms with E-state index in [9.17, 15) is 0 Å². The van der Waals surface area contributed by atoms with Crippen LogP contribution < -0.4 is 0 Å². The SMILES string of the molecule is CCc1ccc2ccccc2c1-c1ccc2c3cc(-c4cc5c6ccccc6n(-c6ccccc6)c5c5ccccc45)ccc3n(-c3ccccn3)c2c1CC. The lowest BCUT2D eigenvalue weighted by molar-refractivity contribution is 1.05. The summed E-state index contributed by atoms with van der Waals surface area (Å²) in [6.07, 6.45) is 3.77. The topological polar surface area (TPSA) is 22.8 Å². The van der Waals surface area contributed by atoms with Crippen LogP contribution in [0.1, 0.15) is 25.0 Å². The summed E-state index contributed by atoms with van der Waals surface area (Å²) in [7, 11) is 0. The first kappa shape index (κ1) is 32.5. The maximum Gasteiger partial charge on any atom is 0.137 e. The second kappa shape index (κ2) is 12.8. The molecule has 56 heavy (non-hydrogen) atoms. The van der Waals surface area contributed by atoms with Gasteiger partial charge in [-0.05, 0) is 111 Å². The zero-order chi connectivity index (χ0) is 37.3. The van der Waals surface area contributed by atoms with Gasteiger partial charge in [0.2, 0.25) is 0 Å². The molecule has 0 unspecified atom stereocenters. The fourth-order valence-corrected chi connectivity index (χ4v) is 9.50. The number of aryl methyl sites for hydroxylation is 2. The van der Waals surface area contributed by atoms with Gasteiger partial charge < -0.3 is 4.57 Å². The van der Waals surface area contributed by atoms with E-state index in [1.807, 2.05) is 12.3 Å². The minimum atomic E-state index is 0.891. The number of benzene rings is 8. The second-order valence-corrected chi connectivity index (χ2v) is 14.8. The fourth-order valence-electron chi connectivity index (χ4n) is 9.50. The summed E-state index contributed by atoms with van der Waals surface area (Å²) in [5.74, 6) is 0.932. The van der Waals surface area contributed by atoms with Gasteiger partial charge in [0.05, 0.1) is 22.1 Å². The Kier molecular flexibility index (Phi) is 7.43. The summed E-state index contributed by atoms with van der Waals surface area (Å²) < 4.78 is 4.84. The van der Waals surface area contributed by atoms with Crippen molar-refractivity contribution in [3.63, 3.8) is 0 Å². The van der Waals surface area contributed by atoms with Crippen LogP contribution in [0.25, 0.3) is 98.9 Å². The van der Waals surface area contributed by atoms with Crippen molar-refractivity contribution in [1.82, 2.24) is 14.1 Å². The summed E-state index contributed by atoms with van der Waals surface area (Å²) in [5, 5.41) is 10.1. The van der Waals surface area contributed by atoms with Gasteiger partial charge >= 0.3 is 0 Å². The molecule has 0 saturated carbocycles. The van der Waals surface area contributed by atoms with Gasteiger partial charge in [-0.25, -0.2) is 4.98 Å². The molecule has 0 aliphatic rings. The highest BCUT2D eigenvalue weighted by atomic mass is 15.1. The largest absolute Gasteiger partial charge is 0.309 e. The molecule has 0 aliphatic carbocycles. The van der Waals surface area contributed by atoms with E-state index in [1.165, 1.54) is 98.7 Å². The average Bonchev–Trinajstić information content (AvgIpc) is 3.78. The summed E-state index contributed by atoms with van der Waals surface area (Å²) in [4.78, 5) is 4.96. The lowest BCUT2D eigenvalue weighted by Crippen LogP contribution is -2.01. The van der Waals surface area contributed by atoms with E-state index in [1.54, 1.807) is 0 Å². The van der Waals surface area contributed by atoms with E-state index in [-0.39, 0.29) is 0 Å². The minimum Gasteiger partial charge on any atom is -0.309 e. The van der Waals surface area contributed by atoms with Gasteiger partial charge in [0.15, 0.2) is 0 Å². The minimum absolute atomic E-state index is 0.891. The molecule has 266 valence electrons. The van der Waals surface area contributed by atoms with Gasteiger partial charge in [0.1, 0.15) is 5.82 Å². The predicted molar refractivity (Wildman–Crippen MR) is 238 cm³/mol.